The lowest BCUT2D eigenvalue weighted by Crippen LogP contribution is -1.91. The topological polar surface area (TPSA) is 74.2 Å². The number of pyridine rings is 1. The van der Waals surface area contributed by atoms with Gasteiger partial charge in [0.1, 0.15) is 5.75 Å². The van der Waals surface area contributed by atoms with Gasteiger partial charge in [-0.3, -0.25) is 0 Å². The van der Waals surface area contributed by atoms with Crippen LogP contribution >= 0.6 is 0 Å². The van der Waals surface area contributed by atoms with Crippen molar-refractivity contribution in [1.29, 1.82) is 0 Å². The van der Waals surface area contributed by atoms with Gasteiger partial charge < -0.3 is 15.0 Å². The molecule has 0 atom stereocenters. The van der Waals surface area contributed by atoms with E-state index in [1.165, 1.54) is 0 Å². The third-order valence-electron chi connectivity index (χ3n) is 2.57. The van der Waals surface area contributed by atoms with E-state index in [0.29, 0.717) is 12.3 Å². The quantitative estimate of drug-likeness (QED) is 0.730. The summed E-state index contributed by atoms with van der Waals surface area (Å²) in [6.07, 6.45) is 0. The number of ether oxygens (including phenoxy) is 1. The van der Waals surface area contributed by atoms with E-state index in [1.54, 1.807) is 0 Å². The second kappa shape index (κ2) is 3.62. The highest BCUT2D eigenvalue weighted by Crippen LogP contribution is 2.26. The van der Waals surface area contributed by atoms with E-state index in [2.05, 4.69) is 10.1 Å². The predicted octanol–water partition coefficient (Wildman–Crippen LogP) is 2.36. The number of hydrogen-bond acceptors (Lipinski definition) is 5. The molecular weight excluding hydrogens is 218 g/mol. The van der Waals surface area contributed by atoms with Crippen molar-refractivity contribution in [2.24, 2.45) is 0 Å². The van der Waals surface area contributed by atoms with Crippen LogP contribution in [0.3, 0.4) is 0 Å². The molecule has 0 saturated heterocycles. The molecule has 0 aliphatic rings. The fourth-order valence-electron chi connectivity index (χ4n) is 1.79. The van der Waals surface area contributed by atoms with Gasteiger partial charge in [0.05, 0.1) is 17.5 Å². The Hall–Kier alpha value is -2.30. The summed E-state index contributed by atoms with van der Waals surface area (Å²) >= 11 is 0. The molecule has 17 heavy (non-hydrogen) atoms. The molecule has 0 aliphatic heterocycles. The van der Waals surface area contributed by atoms with Gasteiger partial charge in [-0.15, -0.1) is 0 Å². The maximum absolute atomic E-state index is 5.66. The van der Waals surface area contributed by atoms with Crippen LogP contribution in [0.2, 0.25) is 0 Å². The van der Waals surface area contributed by atoms with E-state index in [0.717, 1.165) is 22.0 Å². The van der Waals surface area contributed by atoms with Crippen LogP contribution in [0.15, 0.2) is 28.8 Å². The van der Waals surface area contributed by atoms with Gasteiger partial charge >= 0.3 is 0 Å². The summed E-state index contributed by atoms with van der Waals surface area (Å²) in [5, 5.41) is 5.47. The first-order chi connectivity index (χ1) is 8.28. The minimum Gasteiger partial charge on any atom is -0.494 e. The molecule has 0 amide bonds. The van der Waals surface area contributed by atoms with Gasteiger partial charge in [0.25, 0.3) is 0 Å². The first kappa shape index (κ1) is 9.89. The van der Waals surface area contributed by atoms with Crippen LogP contribution in [-0.4, -0.2) is 16.7 Å². The largest absolute Gasteiger partial charge is 0.494 e. The Balaban J connectivity index is 2.27. The molecule has 5 nitrogen and oxygen atoms in total. The van der Waals surface area contributed by atoms with Crippen molar-refractivity contribution < 1.29 is 9.26 Å². The zero-order valence-corrected chi connectivity index (χ0v) is 9.30. The van der Waals surface area contributed by atoms with E-state index in [1.807, 2.05) is 31.2 Å². The summed E-state index contributed by atoms with van der Waals surface area (Å²) in [5.74, 6) is 1.10. The maximum Gasteiger partial charge on any atom is 0.231 e. The van der Waals surface area contributed by atoms with Crippen molar-refractivity contribution in [3.63, 3.8) is 0 Å². The molecule has 0 spiro atoms. The van der Waals surface area contributed by atoms with Crippen molar-refractivity contribution in [1.82, 2.24) is 10.1 Å². The Morgan fingerprint density at radius 2 is 2.24 bits per heavy atom. The van der Waals surface area contributed by atoms with Crippen LogP contribution in [-0.2, 0) is 0 Å². The SMILES string of the molecule is CCOc1ccc2nc3noc(N)c3cc2c1. The Kier molecular flexibility index (Phi) is 2.11. The zero-order chi connectivity index (χ0) is 11.8. The van der Waals surface area contributed by atoms with Gasteiger partial charge in [-0.1, -0.05) is 5.16 Å². The molecule has 2 aromatic heterocycles. The van der Waals surface area contributed by atoms with E-state index >= 15 is 0 Å². The minimum absolute atomic E-state index is 0.288. The highest BCUT2D eigenvalue weighted by molar-refractivity contribution is 5.95. The lowest BCUT2D eigenvalue weighted by atomic mass is 10.2. The van der Waals surface area contributed by atoms with E-state index < -0.39 is 0 Å². The molecule has 86 valence electrons. The summed E-state index contributed by atoms with van der Waals surface area (Å²) < 4.78 is 10.3. The smallest absolute Gasteiger partial charge is 0.231 e. The highest BCUT2D eigenvalue weighted by Gasteiger charge is 2.08. The molecule has 0 saturated carbocycles. The van der Waals surface area contributed by atoms with Crippen molar-refractivity contribution >= 4 is 27.8 Å². The Morgan fingerprint density at radius 1 is 1.35 bits per heavy atom. The van der Waals surface area contributed by atoms with Crippen LogP contribution in [0.1, 0.15) is 6.92 Å². The first-order valence-corrected chi connectivity index (χ1v) is 5.36. The predicted molar refractivity (Wildman–Crippen MR) is 64.9 cm³/mol. The van der Waals surface area contributed by atoms with Gasteiger partial charge in [0.15, 0.2) is 0 Å². The molecule has 0 unspecified atom stereocenters. The third-order valence-corrected chi connectivity index (χ3v) is 2.57. The summed E-state index contributed by atoms with van der Waals surface area (Å²) in [6.45, 7) is 2.58. The van der Waals surface area contributed by atoms with Gasteiger partial charge in [0, 0.05) is 5.39 Å². The summed E-state index contributed by atoms with van der Waals surface area (Å²) in [4.78, 5) is 4.36. The standard InChI is InChI=1S/C12H11N3O2/c1-2-16-8-3-4-10-7(5-8)6-9-11(13)17-15-12(9)14-10/h3-6H,2,13H2,1H3. The van der Waals surface area contributed by atoms with E-state index in [9.17, 15) is 0 Å². The van der Waals surface area contributed by atoms with Crippen molar-refractivity contribution in [2.45, 2.75) is 6.92 Å². The van der Waals surface area contributed by atoms with Crippen molar-refractivity contribution in [3.05, 3.63) is 24.3 Å². The molecule has 0 fully saturated rings. The number of nitrogens with two attached hydrogens (primary N) is 1. The third kappa shape index (κ3) is 1.56. The molecule has 0 radical (unpaired) electrons. The number of fused-ring (bicyclic) bond motifs is 2. The number of hydrogen-bond donors (Lipinski definition) is 1. The fraction of sp³-hybridized carbons (Fsp3) is 0.167. The van der Waals surface area contributed by atoms with E-state index in [4.69, 9.17) is 15.0 Å². The van der Waals surface area contributed by atoms with Gasteiger partial charge in [-0.2, -0.15) is 0 Å². The molecule has 0 aliphatic carbocycles. The minimum atomic E-state index is 0.288. The molecule has 3 rings (SSSR count). The zero-order valence-electron chi connectivity index (χ0n) is 9.30. The Labute approximate surface area is 97.2 Å². The molecular formula is C12H11N3O2. The Bertz CT molecular complexity index is 691. The molecule has 1 aromatic carbocycles. The maximum atomic E-state index is 5.66. The van der Waals surface area contributed by atoms with Gasteiger partial charge in [0.2, 0.25) is 11.5 Å². The normalized spacial score (nSPS) is 11.1. The van der Waals surface area contributed by atoms with Crippen LogP contribution < -0.4 is 10.5 Å². The summed E-state index contributed by atoms with van der Waals surface area (Å²) in [5.41, 5.74) is 7.03. The summed E-state index contributed by atoms with van der Waals surface area (Å²) in [7, 11) is 0. The number of benzene rings is 1. The van der Waals surface area contributed by atoms with E-state index in [-0.39, 0.29) is 5.88 Å². The number of aromatic nitrogens is 2. The fourth-order valence-corrected chi connectivity index (χ4v) is 1.79. The number of anilines is 1. The second-order valence-electron chi connectivity index (χ2n) is 3.69. The lowest BCUT2D eigenvalue weighted by Gasteiger charge is -2.03. The molecule has 2 heterocycles. The molecule has 3 aromatic rings. The number of nitrogens with zero attached hydrogens (tertiary/aromatic N) is 2. The highest BCUT2D eigenvalue weighted by atomic mass is 16.5. The number of nitrogen functional groups attached to an aromatic ring is 1. The van der Waals surface area contributed by atoms with Gasteiger partial charge in [-0.05, 0) is 31.2 Å². The van der Waals surface area contributed by atoms with Crippen LogP contribution in [0.5, 0.6) is 5.75 Å². The van der Waals surface area contributed by atoms with Crippen LogP contribution in [0.4, 0.5) is 5.88 Å². The molecule has 5 heteroatoms. The summed E-state index contributed by atoms with van der Waals surface area (Å²) in [6, 6.07) is 7.61. The molecule has 0 bridgehead atoms. The van der Waals surface area contributed by atoms with Crippen LogP contribution in [0.25, 0.3) is 21.9 Å². The van der Waals surface area contributed by atoms with Gasteiger partial charge in [-0.25, -0.2) is 4.98 Å². The van der Waals surface area contributed by atoms with Crippen LogP contribution in [0, 0.1) is 0 Å². The van der Waals surface area contributed by atoms with Crippen molar-refractivity contribution in [2.75, 3.05) is 12.3 Å². The average Bonchev–Trinajstić information content (AvgIpc) is 2.69. The lowest BCUT2D eigenvalue weighted by molar-refractivity contribution is 0.340. The average molecular weight is 229 g/mol. The molecule has 2 N–H and O–H groups in total. The Morgan fingerprint density at radius 3 is 3.06 bits per heavy atom. The second-order valence-corrected chi connectivity index (χ2v) is 3.69. The van der Waals surface area contributed by atoms with Crippen molar-refractivity contribution in [3.8, 4) is 5.75 Å². The number of rotatable bonds is 2. The first-order valence-electron chi connectivity index (χ1n) is 5.36. The monoisotopic (exact) mass is 229 g/mol.